The van der Waals surface area contributed by atoms with Crippen molar-refractivity contribution in [1.29, 1.82) is 0 Å². The highest BCUT2D eigenvalue weighted by Crippen LogP contribution is 2.24. The Morgan fingerprint density at radius 3 is 2.83 bits per heavy atom. The summed E-state index contributed by atoms with van der Waals surface area (Å²) in [5.74, 6) is 0. The van der Waals surface area contributed by atoms with Gasteiger partial charge in [0, 0.05) is 23.9 Å². The van der Waals surface area contributed by atoms with Gasteiger partial charge in [0.25, 0.3) is 0 Å². The molecule has 0 saturated heterocycles. The number of rotatable bonds is 6. The quantitative estimate of drug-likeness (QED) is 0.829. The first-order valence-electron chi connectivity index (χ1n) is 6.25. The van der Waals surface area contributed by atoms with Gasteiger partial charge in [-0.1, -0.05) is 18.2 Å². The molecule has 1 aromatic carbocycles. The first-order chi connectivity index (χ1) is 8.81. The molecule has 18 heavy (non-hydrogen) atoms. The summed E-state index contributed by atoms with van der Waals surface area (Å²) in [5.41, 5.74) is 3.69. The zero-order chi connectivity index (χ0) is 12.8. The lowest BCUT2D eigenvalue weighted by atomic mass is 10.1. The number of hydrogen-bond acceptors (Lipinski definition) is 3. The number of ether oxygens (including phenoxy) is 1. The third-order valence-corrected chi connectivity index (χ3v) is 3.60. The molecule has 2 nitrogen and oxygen atoms in total. The summed E-state index contributed by atoms with van der Waals surface area (Å²) in [6.07, 6.45) is 0. The molecule has 2 aromatic rings. The molecule has 0 aliphatic rings. The predicted octanol–water partition coefficient (Wildman–Crippen LogP) is 4.46. The summed E-state index contributed by atoms with van der Waals surface area (Å²) in [5, 5.41) is 7.84. The number of para-hydroxylation sites is 1. The molecule has 0 spiro atoms. The van der Waals surface area contributed by atoms with Crippen molar-refractivity contribution in [3.8, 4) is 0 Å². The number of thiophene rings is 1. The van der Waals surface area contributed by atoms with Crippen LogP contribution in [0.15, 0.2) is 41.1 Å². The fraction of sp³-hybridized carbons (Fsp3) is 0.333. The van der Waals surface area contributed by atoms with Gasteiger partial charge in [0.15, 0.2) is 0 Å². The smallest absolute Gasteiger partial charge is 0.0736 e. The van der Waals surface area contributed by atoms with Crippen molar-refractivity contribution in [3.63, 3.8) is 0 Å². The average molecular weight is 261 g/mol. The highest BCUT2D eigenvalue weighted by Gasteiger charge is 2.08. The van der Waals surface area contributed by atoms with Crippen molar-refractivity contribution < 1.29 is 4.74 Å². The number of nitrogens with one attached hydrogen (secondary N) is 1. The van der Waals surface area contributed by atoms with E-state index in [0.717, 1.165) is 12.3 Å². The Morgan fingerprint density at radius 2 is 2.11 bits per heavy atom. The van der Waals surface area contributed by atoms with Crippen molar-refractivity contribution in [2.75, 3.05) is 11.9 Å². The van der Waals surface area contributed by atoms with E-state index >= 15 is 0 Å². The maximum atomic E-state index is 5.49. The molecule has 2 rings (SSSR count). The monoisotopic (exact) mass is 261 g/mol. The van der Waals surface area contributed by atoms with E-state index in [1.165, 1.54) is 11.1 Å². The van der Waals surface area contributed by atoms with Crippen LogP contribution in [0.5, 0.6) is 0 Å². The Kier molecular flexibility index (Phi) is 4.79. The number of hydrogen-bond donors (Lipinski definition) is 1. The fourth-order valence-corrected chi connectivity index (χ4v) is 2.59. The summed E-state index contributed by atoms with van der Waals surface area (Å²) in [4.78, 5) is 0. The molecule has 0 aliphatic carbocycles. The Labute approximate surface area is 113 Å². The standard InChI is InChI=1S/C15H19NOS/c1-3-17-10-13-6-4-5-7-15(13)16-12(2)14-8-9-18-11-14/h4-9,11-12,16H,3,10H2,1-2H3. The van der Waals surface area contributed by atoms with Crippen LogP contribution in [0.4, 0.5) is 5.69 Å². The Bertz CT molecular complexity index is 467. The fourth-order valence-electron chi connectivity index (χ4n) is 1.84. The molecular weight excluding hydrogens is 242 g/mol. The lowest BCUT2D eigenvalue weighted by molar-refractivity contribution is 0.134. The zero-order valence-electron chi connectivity index (χ0n) is 10.8. The molecule has 1 N–H and O–H groups in total. The molecule has 0 saturated carbocycles. The van der Waals surface area contributed by atoms with Crippen LogP contribution in [0.3, 0.4) is 0 Å². The van der Waals surface area contributed by atoms with E-state index in [0.29, 0.717) is 12.6 Å². The Hall–Kier alpha value is -1.32. The second-order valence-corrected chi connectivity index (χ2v) is 5.00. The summed E-state index contributed by atoms with van der Waals surface area (Å²) >= 11 is 1.73. The van der Waals surface area contributed by atoms with Crippen LogP contribution in [0.25, 0.3) is 0 Å². The van der Waals surface area contributed by atoms with Crippen LogP contribution in [0, 0.1) is 0 Å². The topological polar surface area (TPSA) is 21.3 Å². The SMILES string of the molecule is CCOCc1ccccc1NC(C)c1ccsc1. The van der Waals surface area contributed by atoms with Gasteiger partial charge in [-0.05, 0) is 42.3 Å². The Morgan fingerprint density at radius 1 is 1.28 bits per heavy atom. The maximum Gasteiger partial charge on any atom is 0.0736 e. The van der Waals surface area contributed by atoms with E-state index in [-0.39, 0.29) is 0 Å². The van der Waals surface area contributed by atoms with Crippen LogP contribution in [0.1, 0.15) is 31.0 Å². The van der Waals surface area contributed by atoms with Gasteiger partial charge in [-0.15, -0.1) is 0 Å². The molecule has 1 atom stereocenters. The van der Waals surface area contributed by atoms with Crippen LogP contribution >= 0.6 is 11.3 Å². The molecule has 1 aromatic heterocycles. The molecule has 3 heteroatoms. The molecule has 96 valence electrons. The normalized spacial score (nSPS) is 12.3. The van der Waals surface area contributed by atoms with Gasteiger partial charge in [-0.2, -0.15) is 11.3 Å². The minimum absolute atomic E-state index is 0.319. The molecular formula is C15H19NOS. The van der Waals surface area contributed by atoms with E-state index < -0.39 is 0 Å². The van der Waals surface area contributed by atoms with E-state index in [4.69, 9.17) is 4.74 Å². The molecule has 1 heterocycles. The first-order valence-corrected chi connectivity index (χ1v) is 7.19. The van der Waals surface area contributed by atoms with Crippen LogP contribution in [0.2, 0.25) is 0 Å². The molecule has 0 amide bonds. The Balaban J connectivity index is 2.08. The van der Waals surface area contributed by atoms with Gasteiger partial charge in [-0.25, -0.2) is 0 Å². The van der Waals surface area contributed by atoms with Crippen molar-refractivity contribution in [2.45, 2.75) is 26.5 Å². The lowest BCUT2D eigenvalue weighted by Crippen LogP contribution is -2.08. The second-order valence-electron chi connectivity index (χ2n) is 4.22. The highest BCUT2D eigenvalue weighted by molar-refractivity contribution is 7.07. The highest BCUT2D eigenvalue weighted by atomic mass is 32.1. The summed E-state index contributed by atoms with van der Waals surface area (Å²) in [6.45, 7) is 5.61. The van der Waals surface area contributed by atoms with Gasteiger partial charge in [0.2, 0.25) is 0 Å². The third-order valence-electron chi connectivity index (χ3n) is 2.89. The molecule has 0 fully saturated rings. The lowest BCUT2D eigenvalue weighted by Gasteiger charge is -2.17. The van der Waals surface area contributed by atoms with Gasteiger partial charge in [0.05, 0.1) is 6.61 Å². The van der Waals surface area contributed by atoms with Crippen molar-refractivity contribution >= 4 is 17.0 Å². The van der Waals surface area contributed by atoms with Crippen LogP contribution < -0.4 is 5.32 Å². The summed E-state index contributed by atoms with van der Waals surface area (Å²) in [6, 6.07) is 10.8. The third kappa shape index (κ3) is 3.34. The first kappa shape index (κ1) is 13.1. The maximum absolute atomic E-state index is 5.49. The summed E-state index contributed by atoms with van der Waals surface area (Å²) in [7, 11) is 0. The van der Waals surface area contributed by atoms with Crippen LogP contribution in [-0.4, -0.2) is 6.61 Å². The zero-order valence-corrected chi connectivity index (χ0v) is 11.7. The minimum Gasteiger partial charge on any atom is -0.378 e. The van der Waals surface area contributed by atoms with Gasteiger partial charge in [-0.3, -0.25) is 0 Å². The number of benzene rings is 1. The van der Waals surface area contributed by atoms with Crippen molar-refractivity contribution in [1.82, 2.24) is 0 Å². The van der Waals surface area contributed by atoms with Gasteiger partial charge < -0.3 is 10.1 Å². The van der Waals surface area contributed by atoms with Gasteiger partial charge in [0.1, 0.15) is 0 Å². The minimum atomic E-state index is 0.319. The molecule has 0 radical (unpaired) electrons. The average Bonchev–Trinajstić information content (AvgIpc) is 2.91. The molecule has 1 unspecified atom stereocenters. The van der Waals surface area contributed by atoms with E-state index in [2.05, 4.69) is 53.3 Å². The summed E-state index contributed by atoms with van der Waals surface area (Å²) < 4.78 is 5.49. The van der Waals surface area contributed by atoms with E-state index in [1.807, 2.05) is 6.92 Å². The van der Waals surface area contributed by atoms with Gasteiger partial charge >= 0.3 is 0 Å². The number of anilines is 1. The van der Waals surface area contributed by atoms with Crippen LogP contribution in [-0.2, 0) is 11.3 Å². The van der Waals surface area contributed by atoms with E-state index in [9.17, 15) is 0 Å². The van der Waals surface area contributed by atoms with Crippen molar-refractivity contribution in [2.24, 2.45) is 0 Å². The van der Waals surface area contributed by atoms with E-state index in [1.54, 1.807) is 11.3 Å². The molecule has 0 aliphatic heterocycles. The largest absolute Gasteiger partial charge is 0.378 e. The van der Waals surface area contributed by atoms with Crippen molar-refractivity contribution in [3.05, 3.63) is 52.2 Å². The second kappa shape index (κ2) is 6.57. The molecule has 0 bridgehead atoms. The predicted molar refractivity (Wildman–Crippen MR) is 78.1 cm³/mol.